The van der Waals surface area contributed by atoms with Gasteiger partial charge in [-0.3, -0.25) is 4.72 Å². The van der Waals surface area contributed by atoms with Crippen LogP contribution in [0.2, 0.25) is 0 Å². The molecule has 1 atom stereocenters. The zero-order valence-corrected chi connectivity index (χ0v) is 10.4. The van der Waals surface area contributed by atoms with E-state index in [4.69, 9.17) is 15.3 Å². The molecule has 0 heterocycles. The van der Waals surface area contributed by atoms with E-state index in [2.05, 4.69) is 4.72 Å². The summed E-state index contributed by atoms with van der Waals surface area (Å²) >= 11 is 0. The van der Waals surface area contributed by atoms with Gasteiger partial charge in [0.2, 0.25) is 10.0 Å². The van der Waals surface area contributed by atoms with Crippen LogP contribution in [-0.2, 0) is 10.0 Å². The topological polar surface area (TPSA) is 103 Å². The van der Waals surface area contributed by atoms with Crippen LogP contribution < -0.4 is 9.46 Å². The Morgan fingerprint density at radius 3 is 2.67 bits per heavy atom. The number of ether oxygens (including phenoxy) is 1. The Labute approximate surface area is 105 Å². The van der Waals surface area contributed by atoms with Crippen molar-refractivity contribution in [1.29, 1.82) is 10.5 Å². The molecule has 1 N–H and O–H groups in total. The predicted molar refractivity (Wildman–Crippen MR) is 65.2 cm³/mol. The van der Waals surface area contributed by atoms with Crippen LogP contribution >= 0.6 is 0 Å². The van der Waals surface area contributed by atoms with Crippen LogP contribution in [0.3, 0.4) is 0 Å². The second-order valence-electron chi connectivity index (χ2n) is 3.36. The van der Waals surface area contributed by atoms with E-state index >= 15 is 0 Å². The number of para-hydroxylation sites is 2. The molecule has 0 fully saturated rings. The molecule has 0 aliphatic rings. The fourth-order valence-electron chi connectivity index (χ4n) is 1.10. The molecule has 1 aromatic carbocycles. The second kappa shape index (κ2) is 5.89. The van der Waals surface area contributed by atoms with Gasteiger partial charge in [-0.1, -0.05) is 12.1 Å². The number of anilines is 1. The average Bonchev–Trinajstić information content (AvgIpc) is 2.36. The molecule has 94 valence electrons. The van der Waals surface area contributed by atoms with Gasteiger partial charge in [0.1, 0.15) is 11.8 Å². The molecule has 0 aliphatic carbocycles. The van der Waals surface area contributed by atoms with Crippen molar-refractivity contribution in [2.75, 3.05) is 11.3 Å². The third-order valence-electron chi connectivity index (χ3n) is 2.08. The summed E-state index contributed by atoms with van der Waals surface area (Å²) in [6.07, 6.45) is 0. The summed E-state index contributed by atoms with van der Waals surface area (Å²) in [6.45, 7) is 1.09. The molecule has 18 heavy (non-hydrogen) atoms. The summed E-state index contributed by atoms with van der Waals surface area (Å²) in [5.41, 5.74) is 0.204. The summed E-state index contributed by atoms with van der Waals surface area (Å²) in [6, 6.07) is 9.73. The molecule has 1 unspecified atom stereocenters. The monoisotopic (exact) mass is 265 g/mol. The zero-order valence-electron chi connectivity index (χ0n) is 9.62. The first-order valence-electron chi connectivity index (χ1n) is 5.01. The highest BCUT2D eigenvalue weighted by Crippen LogP contribution is 2.25. The predicted octanol–water partition coefficient (Wildman–Crippen LogP) is 1.24. The standard InChI is InChI=1S/C11H11N3O3S/c1-9(8-13)18(15,16)14-10-4-2-3-5-11(10)17-7-6-12/h2-5,9,14H,7H2,1H3. The van der Waals surface area contributed by atoms with Gasteiger partial charge in [0.05, 0.1) is 11.8 Å². The lowest BCUT2D eigenvalue weighted by Crippen LogP contribution is -2.24. The van der Waals surface area contributed by atoms with E-state index in [0.717, 1.165) is 0 Å². The minimum atomic E-state index is -3.78. The van der Waals surface area contributed by atoms with Gasteiger partial charge in [-0.2, -0.15) is 10.5 Å². The van der Waals surface area contributed by atoms with Crippen LogP contribution in [0, 0.1) is 22.7 Å². The van der Waals surface area contributed by atoms with Crippen molar-refractivity contribution in [2.45, 2.75) is 12.2 Å². The maximum Gasteiger partial charge on any atom is 0.248 e. The van der Waals surface area contributed by atoms with Crippen molar-refractivity contribution in [2.24, 2.45) is 0 Å². The van der Waals surface area contributed by atoms with Gasteiger partial charge in [0.25, 0.3) is 0 Å². The van der Waals surface area contributed by atoms with E-state index in [9.17, 15) is 8.42 Å². The molecule has 0 aromatic heterocycles. The van der Waals surface area contributed by atoms with E-state index in [0.29, 0.717) is 0 Å². The third-order valence-corrected chi connectivity index (χ3v) is 3.62. The molecule has 0 saturated heterocycles. The first kappa shape index (κ1) is 13.8. The first-order valence-corrected chi connectivity index (χ1v) is 6.56. The van der Waals surface area contributed by atoms with Crippen molar-refractivity contribution in [3.63, 3.8) is 0 Å². The largest absolute Gasteiger partial charge is 0.477 e. The molecule has 0 radical (unpaired) electrons. The smallest absolute Gasteiger partial charge is 0.248 e. The fraction of sp³-hybridized carbons (Fsp3) is 0.273. The van der Waals surface area contributed by atoms with Crippen molar-refractivity contribution in [3.8, 4) is 17.9 Å². The van der Waals surface area contributed by atoms with E-state index in [1.807, 2.05) is 0 Å². The fourth-order valence-corrected chi connectivity index (χ4v) is 1.89. The lowest BCUT2D eigenvalue weighted by Gasteiger charge is -2.12. The highest BCUT2D eigenvalue weighted by atomic mass is 32.2. The molecule has 0 saturated carbocycles. The minimum Gasteiger partial charge on any atom is -0.477 e. The summed E-state index contributed by atoms with van der Waals surface area (Å²) in [5, 5.41) is 15.9. The Morgan fingerprint density at radius 2 is 2.06 bits per heavy atom. The number of nitrogens with one attached hydrogen (secondary N) is 1. The number of rotatable bonds is 5. The summed E-state index contributed by atoms with van der Waals surface area (Å²) in [5.74, 6) is 0.243. The van der Waals surface area contributed by atoms with E-state index in [1.54, 1.807) is 24.3 Å². The average molecular weight is 265 g/mol. The Kier molecular flexibility index (Phi) is 4.52. The maximum atomic E-state index is 11.7. The van der Waals surface area contributed by atoms with Crippen LogP contribution in [0.25, 0.3) is 0 Å². The van der Waals surface area contributed by atoms with Crippen LogP contribution in [0.15, 0.2) is 24.3 Å². The molecule has 1 aromatic rings. The highest BCUT2D eigenvalue weighted by molar-refractivity contribution is 7.93. The molecule has 0 spiro atoms. The second-order valence-corrected chi connectivity index (χ2v) is 5.36. The van der Waals surface area contributed by atoms with Crippen LogP contribution in [0.1, 0.15) is 6.92 Å². The number of nitriles is 2. The molecule has 1 rings (SSSR count). The molecular formula is C11H11N3O3S. The number of benzene rings is 1. The Bertz CT molecular complexity index is 599. The lowest BCUT2D eigenvalue weighted by atomic mass is 10.3. The SMILES string of the molecule is CC(C#N)S(=O)(=O)Nc1ccccc1OCC#N. The van der Waals surface area contributed by atoms with Crippen molar-refractivity contribution >= 4 is 15.7 Å². The molecule has 0 amide bonds. The lowest BCUT2D eigenvalue weighted by molar-refractivity contribution is 0.370. The van der Waals surface area contributed by atoms with Gasteiger partial charge in [-0.15, -0.1) is 0 Å². The van der Waals surface area contributed by atoms with Crippen molar-refractivity contribution < 1.29 is 13.2 Å². The van der Waals surface area contributed by atoms with Gasteiger partial charge >= 0.3 is 0 Å². The maximum absolute atomic E-state index is 11.7. The number of nitrogens with zero attached hydrogens (tertiary/aromatic N) is 2. The van der Waals surface area contributed by atoms with Gasteiger partial charge in [0, 0.05) is 0 Å². The van der Waals surface area contributed by atoms with Crippen LogP contribution in [0.5, 0.6) is 5.75 Å². The third kappa shape index (κ3) is 3.37. The molecular weight excluding hydrogens is 254 g/mol. The van der Waals surface area contributed by atoms with Crippen molar-refractivity contribution in [3.05, 3.63) is 24.3 Å². The van der Waals surface area contributed by atoms with Crippen molar-refractivity contribution in [1.82, 2.24) is 0 Å². The summed E-state index contributed by atoms with van der Waals surface area (Å²) < 4.78 is 30.7. The van der Waals surface area contributed by atoms with E-state index in [1.165, 1.54) is 19.1 Å². The first-order chi connectivity index (χ1) is 8.51. The minimum absolute atomic E-state index is 0.188. The quantitative estimate of drug-likeness (QED) is 0.862. The molecule has 0 bridgehead atoms. The molecule has 7 heteroatoms. The Morgan fingerprint density at radius 1 is 1.39 bits per heavy atom. The van der Waals surface area contributed by atoms with Crippen LogP contribution in [-0.4, -0.2) is 20.3 Å². The summed E-state index contributed by atoms with van der Waals surface area (Å²) in [7, 11) is -3.78. The van der Waals surface area contributed by atoms with E-state index in [-0.39, 0.29) is 18.0 Å². The number of hydrogen-bond donors (Lipinski definition) is 1. The number of sulfonamides is 1. The van der Waals surface area contributed by atoms with Gasteiger partial charge < -0.3 is 4.74 Å². The highest BCUT2D eigenvalue weighted by Gasteiger charge is 2.21. The normalized spacial score (nSPS) is 11.9. The van der Waals surface area contributed by atoms with Gasteiger partial charge in [0.15, 0.2) is 11.9 Å². The zero-order chi connectivity index (χ0) is 13.6. The van der Waals surface area contributed by atoms with Gasteiger partial charge in [-0.05, 0) is 19.1 Å². The van der Waals surface area contributed by atoms with E-state index < -0.39 is 15.3 Å². The Hall–Kier alpha value is -2.25. The van der Waals surface area contributed by atoms with Crippen LogP contribution in [0.4, 0.5) is 5.69 Å². The van der Waals surface area contributed by atoms with Gasteiger partial charge in [-0.25, -0.2) is 8.42 Å². The molecule has 0 aliphatic heterocycles. The number of hydrogen-bond acceptors (Lipinski definition) is 5. The molecule has 6 nitrogen and oxygen atoms in total. The Balaban J connectivity index is 2.99. The summed E-state index contributed by atoms with van der Waals surface area (Å²) in [4.78, 5) is 0.